The van der Waals surface area contributed by atoms with Crippen LogP contribution in [-0.2, 0) is 11.4 Å². The number of hydrogen-bond donors (Lipinski definition) is 1. The quantitative estimate of drug-likeness (QED) is 0.165. The Labute approximate surface area is 304 Å². The van der Waals surface area contributed by atoms with Gasteiger partial charge in [0.15, 0.2) is 27.8 Å². The molecular formula is C42H37N3O6S. The van der Waals surface area contributed by atoms with Gasteiger partial charge in [0.05, 0.1) is 43.2 Å². The number of methoxy groups -OCH3 is 3. The van der Waals surface area contributed by atoms with Crippen LogP contribution in [0.3, 0.4) is 0 Å². The van der Waals surface area contributed by atoms with Gasteiger partial charge < -0.3 is 24.3 Å². The van der Waals surface area contributed by atoms with Crippen LogP contribution in [0.1, 0.15) is 35.2 Å². The Hall–Kier alpha value is -6.13. The summed E-state index contributed by atoms with van der Waals surface area (Å²) in [5.41, 5.74) is 4.64. The van der Waals surface area contributed by atoms with Crippen LogP contribution in [0.25, 0.3) is 16.8 Å². The predicted octanol–water partition coefficient (Wildman–Crippen LogP) is 6.94. The number of aryl methyl sites for hydroxylation is 1. The van der Waals surface area contributed by atoms with Gasteiger partial charge in [-0.25, -0.2) is 4.99 Å². The number of fused-ring (bicyclic) bond motifs is 2. The second-order valence-electron chi connectivity index (χ2n) is 12.3. The van der Waals surface area contributed by atoms with Crippen LogP contribution < -0.4 is 39.2 Å². The van der Waals surface area contributed by atoms with E-state index in [1.165, 1.54) is 11.3 Å². The minimum atomic E-state index is -0.790. The molecule has 10 heteroatoms. The molecule has 1 aliphatic heterocycles. The highest BCUT2D eigenvalue weighted by Gasteiger charge is 2.33. The number of benzene rings is 5. The largest absolute Gasteiger partial charge is 0.493 e. The van der Waals surface area contributed by atoms with Crippen LogP contribution in [0, 0.1) is 6.92 Å². The van der Waals surface area contributed by atoms with Crippen molar-refractivity contribution in [2.45, 2.75) is 26.5 Å². The van der Waals surface area contributed by atoms with E-state index in [4.69, 9.17) is 23.9 Å². The summed E-state index contributed by atoms with van der Waals surface area (Å²) in [5.74, 6) is 1.78. The third-order valence-corrected chi connectivity index (χ3v) is 10.1. The fraction of sp³-hybridized carbons (Fsp3) is 0.167. The normalized spacial score (nSPS) is 14.1. The highest BCUT2D eigenvalue weighted by molar-refractivity contribution is 7.07. The number of anilines is 1. The maximum Gasteiger partial charge on any atom is 0.271 e. The Balaban J connectivity index is 1.27. The van der Waals surface area contributed by atoms with Crippen LogP contribution >= 0.6 is 11.3 Å². The molecule has 0 bridgehead atoms. The van der Waals surface area contributed by atoms with Crippen molar-refractivity contribution in [2.24, 2.45) is 4.99 Å². The summed E-state index contributed by atoms with van der Waals surface area (Å²) in [4.78, 5) is 33.7. The smallest absolute Gasteiger partial charge is 0.271 e. The van der Waals surface area contributed by atoms with E-state index in [9.17, 15) is 9.59 Å². The molecule has 0 radical (unpaired) electrons. The molecule has 52 heavy (non-hydrogen) atoms. The summed E-state index contributed by atoms with van der Waals surface area (Å²) >= 11 is 1.26. The van der Waals surface area contributed by atoms with Crippen molar-refractivity contribution >= 4 is 39.8 Å². The van der Waals surface area contributed by atoms with E-state index in [0.29, 0.717) is 61.5 Å². The summed E-state index contributed by atoms with van der Waals surface area (Å²) < 4.78 is 25.1. The number of allylic oxidation sites excluding steroid dienone is 1. The maximum atomic E-state index is 14.4. The Morgan fingerprint density at radius 2 is 1.54 bits per heavy atom. The van der Waals surface area contributed by atoms with Gasteiger partial charge in [-0.05, 0) is 83.3 Å². The van der Waals surface area contributed by atoms with Crippen molar-refractivity contribution < 1.29 is 23.7 Å². The number of para-hydroxylation sites is 1. The lowest BCUT2D eigenvalue weighted by molar-refractivity contribution is -0.113. The van der Waals surface area contributed by atoms with Crippen molar-refractivity contribution in [3.8, 4) is 23.0 Å². The fourth-order valence-corrected chi connectivity index (χ4v) is 7.52. The highest BCUT2D eigenvalue weighted by atomic mass is 32.1. The number of nitrogens with one attached hydrogen (secondary N) is 1. The van der Waals surface area contributed by atoms with Crippen LogP contribution in [0.5, 0.6) is 23.0 Å². The summed E-state index contributed by atoms with van der Waals surface area (Å²) in [6.45, 7) is 4.08. The summed E-state index contributed by atoms with van der Waals surface area (Å²) in [6.07, 6.45) is 1.80. The van der Waals surface area contributed by atoms with Crippen LogP contribution in [-0.4, -0.2) is 31.8 Å². The molecule has 9 nitrogen and oxygen atoms in total. The lowest BCUT2D eigenvalue weighted by Crippen LogP contribution is -2.40. The maximum absolute atomic E-state index is 14.4. The van der Waals surface area contributed by atoms with Crippen molar-refractivity contribution in [3.05, 3.63) is 156 Å². The number of ether oxygens (including phenoxy) is 4. The predicted molar refractivity (Wildman–Crippen MR) is 204 cm³/mol. The molecule has 0 saturated carbocycles. The lowest BCUT2D eigenvalue weighted by atomic mass is 9.94. The molecule has 1 aromatic heterocycles. The van der Waals surface area contributed by atoms with E-state index in [2.05, 4.69) is 29.6 Å². The van der Waals surface area contributed by atoms with Gasteiger partial charge >= 0.3 is 0 Å². The Morgan fingerprint density at radius 1 is 0.827 bits per heavy atom. The Morgan fingerprint density at radius 3 is 2.33 bits per heavy atom. The number of hydrogen-bond acceptors (Lipinski definition) is 8. The van der Waals surface area contributed by atoms with E-state index in [-0.39, 0.29) is 11.5 Å². The number of carbonyl (C=O) groups is 1. The topological polar surface area (TPSA) is 100 Å². The summed E-state index contributed by atoms with van der Waals surface area (Å²) in [5, 5.41) is 5.33. The minimum Gasteiger partial charge on any atom is -0.493 e. The van der Waals surface area contributed by atoms with Gasteiger partial charge in [-0.1, -0.05) is 84.1 Å². The second-order valence-corrected chi connectivity index (χ2v) is 13.3. The van der Waals surface area contributed by atoms with Crippen LogP contribution in [0.2, 0.25) is 0 Å². The Bertz CT molecular complexity index is 2550. The molecule has 2 heterocycles. The number of aromatic nitrogens is 1. The van der Waals surface area contributed by atoms with Gasteiger partial charge in [0, 0.05) is 5.69 Å². The zero-order valence-electron chi connectivity index (χ0n) is 29.4. The third kappa shape index (κ3) is 6.56. The van der Waals surface area contributed by atoms with Gasteiger partial charge in [0.25, 0.3) is 11.5 Å². The van der Waals surface area contributed by atoms with Gasteiger partial charge in [0.2, 0.25) is 0 Å². The molecule has 0 aliphatic carbocycles. The number of nitrogens with zero attached hydrogens (tertiary/aromatic N) is 2. The lowest BCUT2D eigenvalue weighted by Gasteiger charge is -2.26. The molecule has 5 aromatic carbocycles. The molecule has 1 atom stereocenters. The molecule has 1 amide bonds. The molecule has 1 N–H and O–H groups in total. The molecule has 1 aliphatic rings. The molecule has 1 unspecified atom stereocenters. The zero-order valence-corrected chi connectivity index (χ0v) is 30.2. The van der Waals surface area contributed by atoms with E-state index in [1.54, 1.807) is 51.0 Å². The molecular weight excluding hydrogens is 675 g/mol. The van der Waals surface area contributed by atoms with Gasteiger partial charge in [-0.15, -0.1) is 0 Å². The monoisotopic (exact) mass is 711 g/mol. The van der Waals surface area contributed by atoms with Crippen LogP contribution in [0.15, 0.2) is 124 Å². The Kier molecular flexibility index (Phi) is 9.65. The van der Waals surface area contributed by atoms with Crippen molar-refractivity contribution in [1.29, 1.82) is 0 Å². The molecule has 262 valence electrons. The fourth-order valence-electron chi connectivity index (χ4n) is 6.47. The number of carbonyl (C=O) groups excluding carboxylic acids is 1. The van der Waals surface area contributed by atoms with Gasteiger partial charge in [-0.2, -0.15) is 0 Å². The average Bonchev–Trinajstić information content (AvgIpc) is 3.47. The first-order chi connectivity index (χ1) is 25.3. The number of thiazole rings is 1. The van der Waals surface area contributed by atoms with Crippen molar-refractivity contribution in [2.75, 3.05) is 26.6 Å². The van der Waals surface area contributed by atoms with Gasteiger partial charge in [-0.3, -0.25) is 14.2 Å². The molecule has 0 spiro atoms. The number of rotatable bonds is 10. The average molecular weight is 712 g/mol. The minimum absolute atomic E-state index is 0.285. The SMILES string of the molecule is COc1ccc(C2C(C(=O)Nc3ccccc3C)=C(C)N=c3s/c(=C\c4ccc(OCc5cccc6ccccc56)c(OC)c4)c(=O)n32)cc1OC. The first kappa shape index (κ1) is 34.3. The number of amides is 1. The molecule has 7 rings (SSSR count). The second kappa shape index (κ2) is 14.6. The van der Waals surface area contributed by atoms with Crippen LogP contribution in [0.4, 0.5) is 5.69 Å². The van der Waals surface area contributed by atoms with Crippen molar-refractivity contribution in [1.82, 2.24) is 4.57 Å². The van der Waals surface area contributed by atoms with E-state index in [1.807, 2.05) is 73.7 Å². The highest BCUT2D eigenvalue weighted by Crippen LogP contribution is 2.36. The van der Waals surface area contributed by atoms with E-state index in [0.717, 1.165) is 27.5 Å². The third-order valence-electron chi connectivity index (χ3n) is 9.13. The molecule has 6 aromatic rings. The summed E-state index contributed by atoms with van der Waals surface area (Å²) in [6, 6.07) is 32.1. The van der Waals surface area contributed by atoms with Crippen molar-refractivity contribution in [3.63, 3.8) is 0 Å². The van der Waals surface area contributed by atoms with Gasteiger partial charge in [0.1, 0.15) is 6.61 Å². The first-order valence-corrected chi connectivity index (χ1v) is 17.5. The van der Waals surface area contributed by atoms with E-state index < -0.39 is 6.04 Å². The standard InChI is InChI=1S/C42H37N3O6S/c1-25-11-6-9-16-32(25)44-40(46)38-26(2)43-42-45(39(38)29-18-20-33(48-3)36(23-29)50-5)41(47)37(52-42)22-27-17-19-34(35(21-27)49-4)51-24-30-14-10-13-28-12-7-8-15-31(28)30/h6-23,39H,24H2,1-5H3,(H,44,46)/b37-22-. The first-order valence-electron chi connectivity index (χ1n) is 16.7. The molecule has 0 fully saturated rings. The van der Waals surface area contributed by atoms with E-state index >= 15 is 0 Å². The summed E-state index contributed by atoms with van der Waals surface area (Å²) in [7, 11) is 4.70. The zero-order chi connectivity index (χ0) is 36.4. The molecule has 0 saturated heterocycles.